The first-order valence-electron chi connectivity index (χ1n) is 5.91. The molecule has 0 saturated heterocycles. The first kappa shape index (κ1) is 15.2. The van der Waals surface area contributed by atoms with Gasteiger partial charge in [0.25, 0.3) is 0 Å². The molecule has 1 atom stereocenters. The van der Waals surface area contributed by atoms with Crippen LogP contribution in [0.1, 0.15) is 18.1 Å². The van der Waals surface area contributed by atoms with Crippen molar-refractivity contribution < 1.29 is 13.9 Å². The van der Waals surface area contributed by atoms with Gasteiger partial charge < -0.3 is 5.11 Å². The zero-order chi connectivity index (χ0) is 14.9. The van der Waals surface area contributed by atoms with Crippen molar-refractivity contribution in [3.05, 3.63) is 69.2 Å². The molecule has 0 bridgehead atoms. The van der Waals surface area contributed by atoms with Gasteiger partial charge in [0.15, 0.2) is 0 Å². The van der Waals surface area contributed by atoms with E-state index in [0.29, 0.717) is 15.6 Å². The van der Waals surface area contributed by atoms with Crippen LogP contribution in [0.2, 0.25) is 10.0 Å². The van der Waals surface area contributed by atoms with Gasteiger partial charge in [-0.05, 0) is 48.4 Å². The van der Waals surface area contributed by atoms with Crippen LogP contribution in [0.15, 0.2) is 36.4 Å². The van der Waals surface area contributed by atoms with Crippen LogP contribution in [-0.4, -0.2) is 5.11 Å². The summed E-state index contributed by atoms with van der Waals surface area (Å²) in [6.45, 7) is 1.47. The molecule has 5 heteroatoms. The fraction of sp³-hybridized carbons (Fsp3) is 0.200. The lowest BCUT2D eigenvalue weighted by atomic mass is 9.89. The predicted molar refractivity (Wildman–Crippen MR) is 76.1 cm³/mol. The summed E-state index contributed by atoms with van der Waals surface area (Å²) in [4.78, 5) is 0. The molecule has 1 N–H and O–H groups in total. The third kappa shape index (κ3) is 3.48. The quantitative estimate of drug-likeness (QED) is 0.868. The molecule has 0 radical (unpaired) electrons. The van der Waals surface area contributed by atoms with Gasteiger partial charge in [-0.3, -0.25) is 0 Å². The number of hydrogen-bond donors (Lipinski definition) is 1. The highest BCUT2D eigenvalue weighted by Gasteiger charge is 2.26. The zero-order valence-electron chi connectivity index (χ0n) is 10.6. The third-order valence-corrected chi connectivity index (χ3v) is 3.63. The summed E-state index contributed by atoms with van der Waals surface area (Å²) in [5.74, 6) is -1.48. The van der Waals surface area contributed by atoms with Gasteiger partial charge in [-0.2, -0.15) is 0 Å². The Morgan fingerprint density at radius 2 is 1.65 bits per heavy atom. The Bertz CT molecular complexity index is 622. The van der Waals surface area contributed by atoms with Crippen LogP contribution in [0.4, 0.5) is 8.78 Å². The lowest BCUT2D eigenvalue weighted by molar-refractivity contribution is 0.0569. The van der Waals surface area contributed by atoms with E-state index in [4.69, 9.17) is 23.2 Å². The van der Waals surface area contributed by atoms with E-state index in [0.717, 1.165) is 18.2 Å². The largest absolute Gasteiger partial charge is 0.385 e. The summed E-state index contributed by atoms with van der Waals surface area (Å²) in [5.41, 5.74) is -0.711. The molecule has 0 fully saturated rings. The van der Waals surface area contributed by atoms with Crippen molar-refractivity contribution in [1.82, 2.24) is 0 Å². The summed E-state index contributed by atoms with van der Waals surface area (Å²) in [6.07, 6.45) is 0.0925. The van der Waals surface area contributed by atoms with Gasteiger partial charge in [0.1, 0.15) is 11.6 Å². The molecular weight excluding hydrogens is 305 g/mol. The number of rotatable bonds is 3. The van der Waals surface area contributed by atoms with Crippen molar-refractivity contribution in [3.63, 3.8) is 0 Å². The molecule has 0 aromatic heterocycles. The fourth-order valence-electron chi connectivity index (χ4n) is 2.02. The van der Waals surface area contributed by atoms with Gasteiger partial charge in [0.2, 0.25) is 0 Å². The molecule has 20 heavy (non-hydrogen) atoms. The standard InChI is InChI=1S/C15H12Cl2F2O/c1-15(20,10-5-12(18)7-13(19)6-10)8-9-4-11(16)2-3-14(9)17/h2-7,20H,8H2,1H3. The number of hydrogen-bond acceptors (Lipinski definition) is 1. The number of halogens is 4. The van der Waals surface area contributed by atoms with Crippen LogP contribution < -0.4 is 0 Å². The molecule has 0 saturated carbocycles. The van der Waals surface area contributed by atoms with Crippen molar-refractivity contribution in [2.45, 2.75) is 18.9 Å². The zero-order valence-corrected chi connectivity index (χ0v) is 12.1. The van der Waals surface area contributed by atoms with Crippen molar-refractivity contribution in [3.8, 4) is 0 Å². The van der Waals surface area contributed by atoms with Gasteiger partial charge in [0, 0.05) is 22.5 Å². The molecule has 0 aliphatic rings. The molecule has 2 aromatic carbocycles. The molecule has 0 spiro atoms. The van der Waals surface area contributed by atoms with Crippen LogP contribution in [0.25, 0.3) is 0 Å². The van der Waals surface area contributed by atoms with Gasteiger partial charge in [-0.25, -0.2) is 8.78 Å². The lowest BCUT2D eigenvalue weighted by Crippen LogP contribution is -2.25. The maximum atomic E-state index is 13.2. The highest BCUT2D eigenvalue weighted by atomic mass is 35.5. The van der Waals surface area contributed by atoms with Crippen LogP contribution >= 0.6 is 23.2 Å². The summed E-state index contributed by atoms with van der Waals surface area (Å²) >= 11 is 11.9. The van der Waals surface area contributed by atoms with E-state index in [1.54, 1.807) is 18.2 Å². The average molecular weight is 317 g/mol. The minimum absolute atomic E-state index is 0.0925. The Kier molecular flexibility index (Phi) is 4.33. The molecule has 1 unspecified atom stereocenters. The molecule has 0 amide bonds. The van der Waals surface area contributed by atoms with E-state index in [9.17, 15) is 13.9 Å². The predicted octanol–water partition coefficient (Wildman–Crippen LogP) is 4.72. The van der Waals surface area contributed by atoms with Gasteiger partial charge in [-0.15, -0.1) is 0 Å². The van der Waals surface area contributed by atoms with Gasteiger partial charge in [-0.1, -0.05) is 23.2 Å². The molecule has 2 rings (SSSR count). The van der Waals surface area contributed by atoms with Gasteiger partial charge >= 0.3 is 0 Å². The minimum atomic E-state index is -1.46. The second-order valence-corrected chi connectivity index (χ2v) is 5.69. The summed E-state index contributed by atoms with van der Waals surface area (Å²) in [6, 6.07) is 7.81. The van der Waals surface area contributed by atoms with Crippen molar-refractivity contribution in [2.24, 2.45) is 0 Å². The van der Waals surface area contributed by atoms with Crippen molar-refractivity contribution >= 4 is 23.2 Å². The first-order chi connectivity index (χ1) is 9.28. The van der Waals surface area contributed by atoms with E-state index < -0.39 is 17.2 Å². The van der Waals surface area contributed by atoms with E-state index in [-0.39, 0.29) is 12.0 Å². The van der Waals surface area contributed by atoms with Crippen molar-refractivity contribution in [2.75, 3.05) is 0 Å². The monoisotopic (exact) mass is 316 g/mol. The summed E-state index contributed by atoms with van der Waals surface area (Å²) < 4.78 is 26.5. The Labute approximate surface area is 125 Å². The van der Waals surface area contributed by atoms with E-state index in [2.05, 4.69) is 0 Å². The van der Waals surface area contributed by atoms with Crippen LogP contribution in [0, 0.1) is 11.6 Å². The van der Waals surface area contributed by atoms with E-state index >= 15 is 0 Å². The number of aliphatic hydroxyl groups is 1. The molecule has 2 aromatic rings. The van der Waals surface area contributed by atoms with E-state index in [1.807, 2.05) is 0 Å². The highest BCUT2D eigenvalue weighted by Crippen LogP contribution is 2.30. The molecule has 1 nitrogen and oxygen atoms in total. The Morgan fingerprint density at radius 1 is 1.05 bits per heavy atom. The SMILES string of the molecule is CC(O)(Cc1cc(Cl)ccc1Cl)c1cc(F)cc(F)c1. The molecule has 0 aliphatic heterocycles. The molecule has 0 heterocycles. The van der Waals surface area contributed by atoms with Crippen LogP contribution in [0.3, 0.4) is 0 Å². The fourth-order valence-corrected chi connectivity index (χ4v) is 2.40. The lowest BCUT2D eigenvalue weighted by Gasteiger charge is -2.24. The Morgan fingerprint density at radius 3 is 2.25 bits per heavy atom. The molecular formula is C15H12Cl2F2O. The normalized spacial score (nSPS) is 14.1. The summed E-state index contributed by atoms with van der Waals surface area (Å²) in [7, 11) is 0. The topological polar surface area (TPSA) is 20.2 Å². The second kappa shape index (κ2) is 5.68. The average Bonchev–Trinajstić information content (AvgIpc) is 2.32. The Hall–Kier alpha value is -1.16. The molecule has 106 valence electrons. The highest BCUT2D eigenvalue weighted by molar-refractivity contribution is 6.33. The van der Waals surface area contributed by atoms with Crippen LogP contribution in [-0.2, 0) is 12.0 Å². The molecule has 0 aliphatic carbocycles. The third-order valence-electron chi connectivity index (χ3n) is 3.03. The maximum Gasteiger partial charge on any atom is 0.126 e. The van der Waals surface area contributed by atoms with E-state index in [1.165, 1.54) is 6.92 Å². The number of benzene rings is 2. The smallest absolute Gasteiger partial charge is 0.126 e. The maximum absolute atomic E-state index is 13.2. The summed E-state index contributed by atoms with van der Waals surface area (Å²) in [5, 5.41) is 11.4. The minimum Gasteiger partial charge on any atom is -0.385 e. The Balaban J connectivity index is 2.37. The van der Waals surface area contributed by atoms with Gasteiger partial charge in [0.05, 0.1) is 5.60 Å². The van der Waals surface area contributed by atoms with Crippen molar-refractivity contribution in [1.29, 1.82) is 0 Å². The second-order valence-electron chi connectivity index (χ2n) is 4.84. The van der Waals surface area contributed by atoms with Crippen LogP contribution in [0.5, 0.6) is 0 Å². The first-order valence-corrected chi connectivity index (χ1v) is 6.66.